The standard InChI is InChI=1S/C20H31NO3/c1-3-8-17-9-7-13-21(14-12-17)20(22)18-10-5-6-11-19(18)24-16-15-23-4-2/h5-6,10-11,17H,3-4,7-9,12-16H2,1-2H3. The quantitative estimate of drug-likeness (QED) is 0.671. The van der Waals surface area contributed by atoms with Gasteiger partial charge >= 0.3 is 0 Å². The fourth-order valence-electron chi connectivity index (χ4n) is 3.36. The van der Waals surface area contributed by atoms with Gasteiger partial charge in [-0.25, -0.2) is 0 Å². The average molecular weight is 333 g/mol. The summed E-state index contributed by atoms with van der Waals surface area (Å²) in [5.41, 5.74) is 0.669. The molecular formula is C20H31NO3. The Bertz CT molecular complexity index is 503. The lowest BCUT2D eigenvalue weighted by atomic mass is 9.96. The molecule has 0 bridgehead atoms. The molecule has 4 nitrogen and oxygen atoms in total. The molecule has 1 unspecified atom stereocenters. The van der Waals surface area contributed by atoms with Crippen LogP contribution in [0.3, 0.4) is 0 Å². The number of hydrogen-bond acceptors (Lipinski definition) is 3. The van der Waals surface area contributed by atoms with Gasteiger partial charge in [-0.15, -0.1) is 0 Å². The van der Waals surface area contributed by atoms with E-state index in [0.29, 0.717) is 31.1 Å². The van der Waals surface area contributed by atoms with Crippen molar-refractivity contribution in [3.05, 3.63) is 29.8 Å². The third kappa shape index (κ3) is 5.52. The van der Waals surface area contributed by atoms with Crippen LogP contribution in [0.25, 0.3) is 0 Å². The van der Waals surface area contributed by atoms with Crippen LogP contribution in [0.1, 0.15) is 56.3 Å². The van der Waals surface area contributed by atoms with E-state index >= 15 is 0 Å². The molecular weight excluding hydrogens is 302 g/mol. The minimum Gasteiger partial charge on any atom is -0.490 e. The summed E-state index contributed by atoms with van der Waals surface area (Å²) in [5.74, 6) is 1.53. The fourth-order valence-corrected chi connectivity index (χ4v) is 3.36. The highest BCUT2D eigenvalue weighted by Crippen LogP contribution is 2.25. The van der Waals surface area contributed by atoms with E-state index < -0.39 is 0 Å². The average Bonchev–Trinajstić information content (AvgIpc) is 2.84. The number of amides is 1. The topological polar surface area (TPSA) is 38.8 Å². The van der Waals surface area contributed by atoms with Crippen molar-refractivity contribution in [3.63, 3.8) is 0 Å². The minimum atomic E-state index is 0.0964. The summed E-state index contributed by atoms with van der Waals surface area (Å²) < 4.78 is 11.1. The van der Waals surface area contributed by atoms with Crippen LogP contribution in [-0.4, -0.2) is 43.7 Å². The first-order valence-electron chi connectivity index (χ1n) is 9.35. The van der Waals surface area contributed by atoms with Crippen molar-refractivity contribution in [3.8, 4) is 5.75 Å². The Morgan fingerprint density at radius 2 is 2.00 bits per heavy atom. The highest BCUT2D eigenvalue weighted by Gasteiger charge is 2.23. The van der Waals surface area contributed by atoms with Gasteiger partial charge in [-0.1, -0.05) is 31.9 Å². The predicted molar refractivity (Wildman–Crippen MR) is 96.6 cm³/mol. The molecule has 0 N–H and O–H groups in total. The molecule has 1 aromatic rings. The second-order valence-electron chi connectivity index (χ2n) is 6.42. The van der Waals surface area contributed by atoms with Gasteiger partial charge in [-0.05, 0) is 44.2 Å². The van der Waals surface area contributed by atoms with E-state index in [9.17, 15) is 4.79 Å². The molecule has 0 saturated carbocycles. The Kier molecular flexibility index (Phi) is 8.10. The molecule has 1 heterocycles. The number of ether oxygens (including phenoxy) is 2. The number of hydrogen-bond donors (Lipinski definition) is 0. The van der Waals surface area contributed by atoms with Crippen molar-refractivity contribution < 1.29 is 14.3 Å². The van der Waals surface area contributed by atoms with Crippen LogP contribution in [0.15, 0.2) is 24.3 Å². The van der Waals surface area contributed by atoms with Gasteiger partial charge in [0.25, 0.3) is 5.91 Å². The Hall–Kier alpha value is -1.55. The number of likely N-dealkylation sites (tertiary alicyclic amines) is 1. The second kappa shape index (κ2) is 10.3. The maximum atomic E-state index is 12.9. The SMILES string of the molecule is CCCC1CCCN(C(=O)c2ccccc2OCCOCC)CC1. The van der Waals surface area contributed by atoms with Crippen LogP contribution in [0.4, 0.5) is 0 Å². The summed E-state index contributed by atoms with van der Waals surface area (Å²) in [7, 11) is 0. The van der Waals surface area contributed by atoms with Crippen LogP contribution in [0, 0.1) is 5.92 Å². The van der Waals surface area contributed by atoms with Gasteiger partial charge < -0.3 is 14.4 Å². The van der Waals surface area contributed by atoms with E-state index in [1.807, 2.05) is 36.1 Å². The van der Waals surface area contributed by atoms with Gasteiger partial charge in [-0.2, -0.15) is 0 Å². The maximum absolute atomic E-state index is 12.9. The molecule has 0 aromatic heterocycles. The zero-order chi connectivity index (χ0) is 17.2. The molecule has 4 heteroatoms. The molecule has 24 heavy (non-hydrogen) atoms. The van der Waals surface area contributed by atoms with Crippen molar-refractivity contribution >= 4 is 5.91 Å². The third-order valence-corrected chi connectivity index (χ3v) is 4.64. The molecule has 1 amide bonds. The van der Waals surface area contributed by atoms with Crippen molar-refractivity contribution in [1.29, 1.82) is 0 Å². The summed E-state index contributed by atoms with van der Waals surface area (Å²) in [6.07, 6.45) is 5.97. The van der Waals surface area contributed by atoms with Gasteiger partial charge in [0.05, 0.1) is 12.2 Å². The summed E-state index contributed by atoms with van der Waals surface area (Å²) >= 11 is 0. The first kappa shape index (κ1) is 18.8. The molecule has 134 valence electrons. The lowest BCUT2D eigenvalue weighted by molar-refractivity contribution is 0.0749. The highest BCUT2D eigenvalue weighted by molar-refractivity contribution is 5.97. The molecule has 1 aliphatic rings. The molecule has 1 aliphatic heterocycles. The molecule has 1 atom stereocenters. The van der Waals surface area contributed by atoms with E-state index in [-0.39, 0.29) is 5.91 Å². The molecule has 1 fully saturated rings. The number of rotatable bonds is 8. The summed E-state index contributed by atoms with van der Waals surface area (Å²) in [6, 6.07) is 7.55. The molecule has 1 aromatic carbocycles. The van der Waals surface area contributed by atoms with Gasteiger partial charge in [-0.3, -0.25) is 4.79 Å². The maximum Gasteiger partial charge on any atom is 0.257 e. The number of carbonyl (C=O) groups excluding carboxylic acids is 1. The van der Waals surface area contributed by atoms with Crippen LogP contribution in [-0.2, 0) is 4.74 Å². The summed E-state index contributed by atoms with van der Waals surface area (Å²) in [5, 5.41) is 0. The molecule has 0 spiro atoms. The van der Waals surface area contributed by atoms with E-state index in [4.69, 9.17) is 9.47 Å². The summed E-state index contributed by atoms with van der Waals surface area (Å²) in [6.45, 7) is 7.60. The van der Waals surface area contributed by atoms with E-state index in [0.717, 1.165) is 31.8 Å². The lowest BCUT2D eigenvalue weighted by Gasteiger charge is -2.22. The Morgan fingerprint density at radius 1 is 1.17 bits per heavy atom. The first-order chi connectivity index (χ1) is 11.8. The minimum absolute atomic E-state index is 0.0964. The number of para-hydroxylation sites is 1. The number of benzene rings is 1. The smallest absolute Gasteiger partial charge is 0.257 e. The zero-order valence-electron chi connectivity index (χ0n) is 15.1. The Labute approximate surface area is 146 Å². The lowest BCUT2D eigenvalue weighted by Crippen LogP contribution is -2.32. The summed E-state index contributed by atoms with van der Waals surface area (Å²) in [4.78, 5) is 14.9. The molecule has 1 saturated heterocycles. The first-order valence-corrected chi connectivity index (χ1v) is 9.35. The third-order valence-electron chi connectivity index (χ3n) is 4.64. The zero-order valence-corrected chi connectivity index (χ0v) is 15.1. The molecule has 0 radical (unpaired) electrons. The largest absolute Gasteiger partial charge is 0.490 e. The molecule has 2 rings (SSSR count). The second-order valence-corrected chi connectivity index (χ2v) is 6.42. The predicted octanol–water partition coefficient (Wildman–Crippen LogP) is 4.14. The normalized spacial score (nSPS) is 18.2. The Balaban J connectivity index is 1.98. The van der Waals surface area contributed by atoms with E-state index in [2.05, 4.69) is 6.92 Å². The molecule has 0 aliphatic carbocycles. The van der Waals surface area contributed by atoms with E-state index in [1.165, 1.54) is 19.3 Å². The van der Waals surface area contributed by atoms with Crippen molar-refractivity contribution in [1.82, 2.24) is 4.90 Å². The fraction of sp³-hybridized carbons (Fsp3) is 0.650. The van der Waals surface area contributed by atoms with Crippen LogP contribution in [0.2, 0.25) is 0 Å². The van der Waals surface area contributed by atoms with Gasteiger partial charge in [0.1, 0.15) is 12.4 Å². The van der Waals surface area contributed by atoms with Gasteiger partial charge in [0.15, 0.2) is 0 Å². The Morgan fingerprint density at radius 3 is 2.79 bits per heavy atom. The number of carbonyl (C=O) groups is 1. The monoisotopic (exact) mass is 333 g/mol. The van der Waals surface area contributed by atoms with Crippen LogP contribution >= 0.6 is 0 Å². The number of nitrogens with zero attached hydrogens (tertiary/aromatic N) is 1. The van der Waals surface area contributed by atoms with Gasteiger partial charge in [0.2, 0.25) is 0 Å². The van der Waals surface area contributed by atoms with Gasteiger partial charge in [0, 0.05) is 19.7 Å². The van der Waals surface area contributed by atoms with Crippen LogP contribution < -0.4 is 4.74 Å². The van der Waals surface area contributed by atoms with E-state index in [1.54, 1.807) is 0 Å². The van der Waals surface area contributed by atoms with Crippen molar-refractivity contribution in [2.45, 2.75) is 46.0 Å². The van der Waals surface area contributed by atoms with Crippen molar-refractivity contribution in [2.24, 2.45) is 5.92 Å². The van der Waals surface area contributed by atoms with Crippen molar-refractivity contribution in [2.75, 3.05) is 32.9 Å². The van der Waals surface area contributed by atoms with Crippen LogP contribution in [0.5, 0.6) is 5.75 Å². The highest BCUT2D eigenvalue weighted by atomic mass is 16.5.